The summed E-state index contributed by atoms with van der Waals surface area (Å²) in [4.78, 5) is 2.32. The molecular formula is C44H48ClNO3S. The van der Waals surface area contributed by atoms with E-state index < -0.39 is 10.1 Å². The van der Waals surface area contributed by atoms with Crippen LogP contribution in [0.25, 0.3) is 21.5 Å². The summed E-state index contributed by atoms with van der Waals surface area (Å²) in [6.45, 7) is 16.4. The van der Waals surface area contributed by atoms with E-state index >= 15 is 0 Å². The van der Waals surface area contributed by atoms with Crippen molar-refractivity contribution in [2.24, 2.45) is 0 Å². The van der Waals surface area contributed by atoms with Crippen molar-refractivity contribution in [1.29, 1.82) is 0 Å². The van der Waals surface area contributed by atoms with E-state index in [9.17, 15) is 13.0 Å². The summed E-state index contributed by atoms with van der Waals surface area (Å²) < 4.78 is 32.2. The molecule has 0 unspecified atom stereocenters. The minimum atomic E-state index is -4.00. The predicted molar refractivity (Wildman–Crippen MR) is 213 cm³/mol. The maximum Gasteiger partial charge on any atom is 0.264 e. The number of allylic oxidation sites excluding steroid dienone is 9. The van der Waals surface area contributed by atoms with Gasteiger partial charge in [-0.25, -0.2) is 0 Å². The Labute approximate surface area is 303 Å². The highest BCUT2D eigenvalue weighted by Crippen LogP contribution is 2.51. The molecule has 0 atom stereocenters. The van der Waals surface area contributed by atoms with E-state index in [0.29, 0.717) is 19.4 Å². The minimum Gasteiger partial charge on any atom is -0.344 e. The van der Waals surface area contributed by atoms with Gasteiger partial charge in [0, 0.05) is 33.8 Å². The van der Waals surface area contributed by atoms with E-state index in [1.165, 1.54) is 38.2 Å². The van der Waals surface area contributed by atoms with Gasteiger partial charge in [0.25, 0.3) is 10.1 Å². The van der Waals surface area contributed by atoms with Crippen LogP contribution in [0.4, 0.5) is 5.69 Å². The number of nitrogens with zero attached hydrogens (tertiary/aromatic N) is 1. The van der Waals surface area contributed by atoms with E-state index in [1.54, 1.807) is 0 Å². The Kier molecular flexibility index (Phi) is 10.1. The molecule has 0 fully saturated rings. The molecule has 0 aromatic heterocycles. The molecule has 1 N–H and O–H groups in total. The summed E-state index contributed by atoms with van der Waals surface area (Å²) in [5.41, 5.74) is 8.82. The average molecular weight is 706 g/mol. The fourth-order valence-electron chi connectivity index (χ4n) is 8.00. The number of hydrogen-bond acceptors (Lipinski definition) is 3. The largest absolute Gasteiger partial charge is 0.344 e. The average Bonchev–Trinajstić information content (AvgIpc) is 3.29. The monoisotopic (exact) mass is 705 g/mol. The number of anilines is 1. The molecular weight excluding hydrogens is 658 g/mol. The quantitative estimate of drug-likeness (QED) is 0.101. The van der Waals surface area contributed by atoms with Gasteiger partial charge in [0.15, 0.2) is 0 Å². The lowest BCUT2D eigenvalue weighted by molar-refractivity contribution is 0.480. The van der Waals surface area contributed by atoms with Crippen LogP contribution >= 0.6 is 11.6 Å². The van der Waals surface area contributed by atoms with Crippen molar-refractivity contribution >= 4 is 49.0 Å². The van der Waals surface area contributed by atoms with Crippen molar-refractivity contribution in [2.75, 3.05) is 17.2 Å². The molecule has 0 bridgehead atoms. The molecule has 6 rings (SSSR count). The van der Waals surface area contributed by atoms with Crippen LogP contribution in [0.15, 0.2) is 131 Å². The Balaban J connectivity index is 1.32. The molecule has 1 aliphatic heterocycles. The van der Waals surface area contributed by atoms with Crippen LogP contribution in [-0.2, 0) is 20.9 Å². The molecule has 2 aliphatic rings. The van der Waals surface area contributed by atoms with Crippen molar-refractivity contribution < 1.29 is 13.0 Å². The maximum atomic E-state index is 11.4. The maximum absolute atomic E-state index is 11.4. The Bertz CT molecular complexity index is 2220. The molecule has 0 amide bonds. The summed E-state index contributed by atoms with van der Waals surface area (Å²) in [7, 11) is -4.00. The summed E-state index contributed by atoms with van der Waals surface area (Å²) in [5.74, 6) is -0.236. The zero-order valence-electron chi connectivity index (χ0n) is 29.9. The van der Waals surface area contributed by atoms with Gasteiger partial charge in [-0.05, 0) is 106 Å². The van der Waals surface area contributed by atoms with Gasteiger partial charge in [-0.15, -0.1) is 0 Å². The number of unbranched alkanes of at least 4 members (excludes halogenated alkanes) is 1. The van der Waals surface area contributed by atoms with Crippen LogP contribution in [0.2, 0.25) is 0 Å². The zero-order valence-corrected chi connectivity index (χ0v) is 31.5. The highest BCUT2D eigenvalue weighted by molar-refractivity contribution is 7.85. The molecule has 1 aliphatic carbocycles. The lowest BCUT2D eigenvalue weighted by Gasteiger charge is -2.30. The third-order valence-electron chi connectivity index (χ3n) is 10.7. The number of benzene rings is 4. The van der Waals surface area contributed by atoms with Crippen molar-refractivity contribution in [3.05, 3.63) is 148 Å². The molecule has 4 aromatic rings. The van der Waals surface area contributed by atoms with Gasteiger partial charge in [-0.1, -0.05) is 131 Å². The lowest BCUT2D eigenvalue weighted by Crippen LogP contribution is -2.27. The van der Waals surface area contributed by atoms with Crippen LogP contribution in [-0.4, -0.2) is 25.3 Å². The SMILES string of the molecule is C=C(/C=C/C1=C(Cl)C(=C/C=C2\N(CCCCS(=O)(=O)O)c3ccc4ccccc4c3C2(C)C)/CCC1)C(C)(C)c1c(C)ccc2ccccc12. The second-order valence-electron chi connectivity index (χ2n) is 14.8. The Morgan fingerprint density at radius 1 is 0.940 bits per heavy atom. The second-order valence-corrected chi connectivity index (χ2v) is 16.8. The van der Waals surface area contributed by atoms with Gasteiger partial charge >= 0.3 is 0 Å². The van der Waals surface area contributed by atoms with E-state index in [1.807, 2.05) is 0 Å². The van der Waals surface area contributed by atoms with Gasteiger partial charge < -0.3 is 4.90 Å². The van der Waals surface area contributed by atoms with E-state index in [-0.39, 0.29) is 16.6 Å². The molecule has 260 valence electrons. The van der Waals surface area contributed by atoms with Crippen LogP contribution in [0.3, 0.4) is 0 Å². The number of rotatable bonds is 10. The van der Waals surface area contributed by atoms with Gasteiger partial charge in [0.2, 0.25) is 0 Å². The van der Waals surface area contributed by atoms with Gasteiger partial charge in [-0.3, -0.25) is 4.55 Å². The summed E-state index contributed by atoms with van der Waals surface area (Å²) in [6, 6.07) is 25.8. The Morgan fingerprint density at radius 3 is 2.32 bits per heavy atom. The third-order valence-corrected chi connectivity index (χ3v) is 12.0. The van der Waals surface area contributed by atoms with Crippen molar-refractivity contribution in [2.45, 2.75) is 77.6 Å². The molecule has 1 heterocycles. The first kappa shape index (κ1) is 35.9. The van der Waals surface area contributed by atoms with Gasteiger partial charge in [0.05, 0.1) is 5.75 Å². The summed E-state index contributed by atoms with van der Waals surface area (Å²) in [6.07, 6.45) is 12.5. The first-order valence-corrected chi connectivity index (χ1v) is 19.6. The molecule has 6 heteroatoms. The Morgan fingerprint density at radius 2 is 1.60 bits per heavy atom. The fraction of sp³-hybridized carbons (Fsp3) is 0.318. The van der Waals surface area contributed by atoms with E-state index in [2.05, 4.69) is 143 Å². The van der Waals surface area contributed by atoms with Gasteiger partial charge in [0.1, 0.15) is 0 Å². The normalized spacial score (nSPS) is 18.3. The molecule has 0 radical (unpaired) electrons. The van der Waals surface area contributed by atoms with Crippen LogP contribution < -0.4 is 4.90 Å². The van der Waals surface area contributed by atoms with E-state index in [0.717, 1.165) is 52.4 Å². The highest BCUT2D eigenvalue weighted by atomic mass is 35.5. The van der Waals surface area contributed by atoms with Crippen molar-refractivity contribution in [3.63, 3.8) is 0 Å². The number of hydrogen-bond donors (Lipinski definition) is 1. The molecule has 50 heavy (non-hydrogen) atoms. The van der Waals surface area contributed by atoms with Gasteiger partial charge in [-0.2, -0.15) is 8.42 Å². The first-order chi connectivity index (χ1) is 23.7. The topological polar surface area (TPSA) is 57.6 Å². The summed E-state index contributed by atoms with van der Waals surface area (Å²) in [5, 5.41) is 5.71. The molecule has 0 saturated heterocycles. The summed E-state index contributed by atoms with van der Waals surface area (Å²) >= 11 is 7.18. The third kappa shape index (κ3) is 7.01. The van der Waals surface area contributed by atoms with Crippen LogP contribution in [0, 0.1) is 6.92 Å². The number of halogens is 1. The van der Waals surface area contributed by atoms with Crippen LogP contribution in [0.5, 0.6) is 0 Å². The number of aryl methyl sites for hydroxylation is 1. The Hall–Kier alpha value is -3.90. The smallest absolute Gasteiger partial charge is 0.264 e. The van der Waals surface area contributed by atoms with E-state index in [4.69, 9.17) is 11.6 Å². The highest BCUT2D eigenvalue weighted by Gasteiger charge is 2.41. The molecule has 4 aromatic carbocycles. The van der Waals surface area contributed by atoms with Crippen molar-refractivity contribution in [3.8, 4) is 0 Å². The molecule has 0 spiro atoms. The standard InChI is InChI=1S/C44H48ClNO3S/c1-30-20-22-32-14-7-9-18-36(32)40(30)43(3,4)31(2)21-23-34-16-13-17-35(42(34)45)25-27-39-44(5,6)41-37-19-10-8-15-33(37)24-26-38(41)46(39)28-11-12-29-50(47,48)49/h7-10,14-15,18-27H,2,11-13,16-17,28-29H2,1,3-6H3,(H,47,48,49)/b23-21+,35-25+,39-27-. The number of fused-ring (bicyclic) bond motifs is 4. The lowest BCUT2D eigenvalue weighted by atomic mass is 9.74. The van der Waals surface area contributed by atoms with Crippen molar-refractivity contribution in [1.82, 2.24) is 0 Å². The first-order valence-electron chi connectivity index (χ1n) is 17.6. The minimum absolute atomic E-state index is 0.236. The predicted octanol–water partition coefficient (Wildman–Crippen LogP) is 11.6. The second kappa shape index (κ2) is 14.0. The molecule has 0 saturated carbocycles. The molecule has 4 nitrogen and oxygen atoms in total. The van der Waals surface area contributed by atoms with Crippen LogP contribution in [0.1, 0.15) is 76.5 Å². The zero-order chi connectivity index (χ0) is 35.8. The fourth-order valence-corrected chi connectivity index (χ4v) is 8.88.